The van der Waals surface area contributed by atoms with E-state index in [4.69, 9.17) is 11.6 Å². The van der Waals surface area contributed by atoms with Crippen LogP contribution in [0.5, 0.6) is 0 Å². The first-order valence-electron chi connectivity index (χ1n) is 4.84. The van der Waals surface area contributed by atoms with E-state index in [1.54, 1.807) is 0 Å². The molecular weight excluding hydrogens is 512 g/mol. The molecule has 10 heteroatoms. The maximum absolute atomic E-state index is 13.3. The van der Waals surface area contributed by atoms with Gasteiger partial charge in [0.05, 0.1) is 5.69 Å². The Hall–Kier alpha value is 0.300. The zero-order valence-electron chi connectivity index (χ0n) is 9.18. The van der Waals surface area contributed by atoms with E-state index in [2.05, 4.69) is 52.8 Å². The van der Waals surface area contributed by atoms with Crippen LogP contribution in [0, 0.1) is 5.82 Å². The quantitative estimate of drug-likeness (QED) is 0.449. The molecule has 0 amide bonds. The third-order valence-electron chi connectivity index (χ3n) is 2.15. The highest BCUT2D eigenvalue weighted by atomic mass is 79.9. The lowest BCUT2D eigenvalue weighted by Crippen LogP contribution is -2.01. The molecule has 0 saturated carbocycles. The lowest BCUT2D eigenvalue weighted by Gasteiger charge is -2.13. The van der Waals surface area contributed by atoms with E-state index in [1.807, 2.05) is 0 Å². The Morgan fingerprint density at radius 1 is 1.20 bits per heavy atom. The predicted molar refractivity (Wildman–Crippen MR) is 83.5 cm³/mol. The Morgan fingerprint density at radius 2 is 1.75 bits per heavy atom. The van der Waals surface area contributed by atoms with Crippen LogP contribution in [0.3, 0.4) is 0 Å². The van der Waals surface area contributed by atoms with Crippen molar-refractivity contribution in [2.45, 2.75) is 10.9 Å². The number of alkyl halides is 2. The van der Waals surface area contributed by atoms with Gasteiger partial charge in [0.15, 0.2) is 10.3 Å². The first kappa shape index (κ1) is 16.7. The minimum Gasteiger partial charge on any atom is -0.278 e. The molecule has 20 heavy (non-hydrogen) atoms. The zero-order chi connectivity index (χ0) is 15.0. The van der Waals surface area contributed by atoms with E-state index in [0.29, 0.717) is 19.2 Å². The summed E-state index contributed by atoms with van der Waals surface area (Å²) >= 11 is 15.7. The van der Waals surface area contributed by atoms with Gasteiger partial charge in [-0.15, -0.1) is 0 Å². The molecule has 2 nitrogen and oxygen atoms in total. The van der Waals surface area contributed by atoms with E-state index in [0.717, 1.165) is 0 Å². The number of halogens is 7. The van der Waals surface area contributed by atoms with E-state index in [1.165, 1.54) is 16.7 Å². The number of benzene rings is 1. The first-order chi connectivity index (χ1) is 9.31. The van der Waals surface area contributed by atoms with Gasteiger partial charge in [0.2, 0.25) is 0 Å². The normalized spacial score (nSPS) is 11.4. The molecule has 2 aromatic rings. The van der Waals surface area contributed by atoms with Crippen LogP contribution in [0.25, 0.3) is 5.69 Å². The second-order valence-electron chi connectivity index (χ2n) is 3.41. The second kappa shape index (κ2) is 6.60. The fourth-order valence-corrected chi connectivity index (χ4v) is 4.30. The third-order valence-corrected chi connectivity index (χ3v) is 5.25. The lowest BCUT2D eigenvalue weighted by atomic mass is 10.3. The van der Waals surface area contributed by atoms with Gasteiger partial charge in [-0.25, -0.2) is 9.37 Å². The molecule has 108 valence electrons. The number of hydrogen-bond acceptors (Lipinski definition) is 2. The molecule has 0 N–H and O–H groups in total. The number of thioether (sulfide) groups is 1. The van der Waals surface area contributed by atoms with Crippen molar-refractivity contribution < 1.29 is 13.2 Å². The summed E-state index contributed by atoms with van der Waals surface area (Å²) in [4.78, 5) is 3.86. The Bertz CT molecular complexity index is 642. The van der Waals surface area contributed by atoms with Crippen molar-refractivity contribution in [2.24, 2.45) is 0 Å². The minimum atomic E-state index is -2.66. The first-order valence-corrected chi connectivity index (χ1v) is 8.48. The molecule has 0 saturated heterocycles. The molecule has 1 aromatic heterocycles. The molecule has 1 aromatic carbocycles. The average Bonchev–Trinajstić information content (AvgIpc) is 2.54. The number of aromatic nitrogens is 2. The largest absolute Gasteiger partial charge is 0.291 e. The molecule has 2 rings (SSSR count). The Labute approximate surface area is 146 Å². The molecule has 0 aliphatic heterocycles. The van der Waals surface area contributed by atoms with Crippen molar-refractivity contribution in [3.05, 3.63) is 36.7 Å². The van der Waals surface area contributed by atoms with Crippen LogP contribution in [0.1, 0.15) is 0 Å². The molecule has 0 aliphatic rings. The van der Waals surface area contributed by atoms with Gasteiger partial charge in [-0.1, -0.05) is 11.6 Å². The van der Waals surface area contributed by atoms with Gasteiger partial charge >= 0.3 is 0 Å². The zero-order valence-corrected chi connectivity index (χ0v) is 15.5. The smallest absolute Gasteiger partial charge is 0.278 e. The molecular formula is C10H3Br3ClF3N2S. The number of hydrogen-bond donors (Lipinski definition) is 0. The summed E-state index contributed by atoms with van der Waals surface area (Å²) in [6.45, 7) is 0. The second-order valence-corrected chi connectivity index (χ2v) is 7.18. The standard InChI is InChI=1S/C10H3Br3ClF3N2S/c11-4-1-3(15)2-5(12)6(4)19-7(13)8(14)18-10(19)20-9(16)17/h1-2,9H. The lowest BCUT2D eigenvalue weighted by molar-refractivity contribution is 0.251. The highest BCUT2D eigenvalue weighted by molar-refractivity contribution is 9.11. The van der Waals surface area contributed by atoms with E-state index in [-0.39, 0.29) is 22.1 Å². The van der Waals surface area contributed by atoms with Crippen LogP contribution in [-0.4, -0.2) is 15.3 Å². The van der Waals surface area contributed by atoms with E-state index in [9.17, 15) is 13.2 Å². The van der Waals surface area contributed by atoms with Crippen molar-refractivity contribution >= 4 is 71.2 Å². The van der Waals surface area contributed by atoms with Crippen LogP contribution in [0.2, 0.25) is 5.15 Å². The van der Waals surface area contributed by atoms with Crippen molar-refractivity contribution in [2.75, 3.05) is 0 Å². The van der Waals surface area contributed by atoms with Crippen molar-refractivity contribution in [3.63, 3.8) is 0 Å². The van der Waals surface area contributed by atoms with Gasteiger partial charge in [0.25, 0.3) is 5.76 Å². The Balaban J connectivity index is 2.69. The van der Waals surface area contributed by atoms with Gasteiger partial charge in [-0.2, -0.15) is 8.78 Å². The summed E-state index contributed by atoms with van der Waals surface area (Å²) in [5.41, 5.74) is 0.417. The van der Waals surface area contributed by atoms with Gasteiger partial charge in [-0.05, 0) is 71.7 Å². The summed E-state index contributed by atoms with van der Waals surface area (Å²) in [6.07, 6.45) is 0. The van der Waals surface area contributed by atoms with Gasteiger partial charge in [-0.3, -0.25) is 4.57 Å². The van der Waals surface area contributed by atoms with Crippen LogP contribution in [-0.2, 0) is 0 Å². The SMILES string of the molecule is Fc1cc(Br)c(-n2c(SC(F)F)nc(Cl)c2Br)c(Br)c1. The Kier molecular flexibility index (Phi) is 5.50. The summed E-state index contributed by atoms with van der Waals surface area (Å²) in [7, 11) is 0. The number of nitrogens with zero attached hydrogens (tertiary/aromatic N) is 2. The van der Waals surface area contributed by atoms with Gasteiger partial charge < -0.3 is 0 Å². The molecule has 0 fully saturated rings. The van der Waals surface area contributed by atoms with Gasteiger partial charge in [0.1, 0.15) is 10.4 Å². The third kappa shape index (κ3) is 3.37. The molecule has 0 bridgehead atoms. The predicted octanol–water partition coefficient (Wildman–Crippen LogP) is 6.27. The number of rotatable bonds is 3. The summed E-state index contributed by atoms with van der Waals surface area (Å²) in [6, 6.07) is 2.44. The monoisotopic (exact) mass is 512 g/mol. The Morgan fingerprint density at radius 3 is 2.25 bits per heavy atom. The van der Waals surface area contributed by atoms with E-state index >= 15 is 0 Å². The highest BCUT2D eigenvalue weighted by Gasteiger charge is 2.22. The highest BCUT2D eigenvalue weighted by Crippen LogP contribution is 2.39. The van der Waals surface area contributed by atoms with Gasteiger partial charge in [0, 0.05) is 8.95 Å². The summed E-state index contributed by atoms with van der Waals surface area (Å²) in [5.74, 6) is -3.13. The summed E-state index contributed by atoms with van der Waals surface area (Å²) in [5, 5.41) is 0.0289. The molecule has 0 unspecified atom stereocenters. The minimum absolute atomic E-state index is 0.00937. The average molecular weight is 515 g/mol. The van der Waals surface area contributed by atoms with Crippen molar-refractivity contribution in [3.8, 4) is 5.69 Å². The molecule has 0 aliphatic carbocycles. The fraction of sp³-hybridized carbons (Fsp3) is 0.100. The van der Waals surface area contributed by atoms with Crippen molar-refractivity contribution in [1.82, 2.24) is 9.55 Å². The maximum Gasteiger partial charge on any atom is 0.291 e. The molecule has 0 radical (unpaired) electrons. The van der Waals surface area contributed by atoms with Crippen LogP contribution >= 0.6 is 71.2 Å². The van der Waals surface area contributed by atoms with Crippen LogP contribution in [0.4, 0.5) is 13.2 Å². The molecule has 0 spiro atoms. The van der Waals surface area contributed by atoms with E-state index < -0.39 is 11.6 Å². The van der Waals surface area contributed by atoms with Crippen LogP contribution < -0.4 is 0 Å². The molecule has 0 atom stereocenters. The van der Waals surface area contributed by atoms with Crippen LogP contribution in [0.15, 0.2) is 30.8 Å². The number of imidazole rings is 1. The summed E-state index contributed by atoms with van der Waals surface area (Å²) < 4.78 is 40.9. The molecule has 1 heterocycles. The maximum atomic E-state index is 13.3. The topological polar surface area (TPSA) is 17.8 Å². The van der Waals surface area contributed by atoms with Crippen molar-refractivity contribution in [1.29, 1.82) is 0 Å². The fourth-order valence-electron chi connectivity index (χ4n) is 1.46.